The molecule has 1 aliphatic rings. The lowest BCUT2D eigenvalue weighted by molar-refractivity contribution is -0.384. The predicted molar refractivity (Wildman–Crippen MR) is 97.4 cm³/mol. The number of rotatable bonds is 6. The van der Waals surface area contributed by atoms with Crippen LogP contribution >= 0.6 is 11.8 Å². The van der Waals surface area contributed by atoms with Gasteiger partial charge in [-0.3, -0.25) is 24.6 Å². The molecule has 9 nitrogen and oxygen atoms in total. The van der Waals surface area contributed by atoms with Crippen LogP contribution in [0.1, 0.15) is 15.9 Å². The van der Waals surface area contributed by atoms with Gasteiger partial charge in [0.1, 0.15) is 0 Å². The molecule has 2 amide bonds. The molecule has 0 bridgehead atoms. The van der Waals surface area contributed by atoms with Crippen LogP contribution in [0.2, 0.25) is 0 Å². The second-order valence-corrected chi connectivity index (χ2v) is 6.69. The molecule has 3 rings (SSSR count). The van der Waals surface area contributed by atoms with Gasteiger partial charge in [-0.15, -0.1) is 0 Å². The molecule has 0 aliphatic carbocycles. The number of nitro benzene ring substituents is 1. The number of hydrogen-bond donors (Lipinski definition) is 2. The van der Waals surface area contributed by atoms with Crippen LogP contribution in [-0.2, 0) is 11.3 Å². The molecular weight excluding hydrogens is 374 g/mol. The Hall–Kier alpha value is -3.40. The normalized spacial score (nSPS) is 16.4. The number of carbonyl (C=O) groups is 3. The van der Waals surface area contributed by atoms with Gasteiger partial charge in [0.05, 0.1) is 17.0 Å². The van der Waals surface area contributed by atoms with E-state index >= 15 is 0 Å². The van der Waals surface area contributed by atoms with Gasteiger partial charge >= 0.3 is 5.97 Å². The first kappa shape index (κ1) is 18.4. The minimum absolute atomic E-state index is 0.0127. The Labute approximate surface area is 157 Å². The van der Waals surface area contributed by atoms with Crippen LogP contribution in [0.25, 0.3) is 0 Å². The van der Waals surface area contributed by atoms with Gasteiger partial charge in [-0.1, -0.05) is 12.1 Å². The number of anilines is 1. The zero-order valence-corrected chi connectivity index (χ0v) is 14.5. The number of imide groups is 1. The highest BCUT2D eigenvalue weighted by atomic mass is 32.2. The number of amides is 2. The van der Waals surface area contributed by atoms with Gasteiger partial charge in [-0.2, -0.15) is 0 Å². The largest absolute Gasteiger partial charge is 0.478 e. The zero-order chi connectivity index (χ0) is 19.6. The number of nitrogens with zero attached hydrogens (tertiary/aromatic N) is 2. The molecule has 10 heteroatoms. The van der Waals surface area contributed by atoms with E-state index in [-0.39, 0.29) is 17.8 Å². The molecular formula is C17H13N3O6S. The Bertz CT molecular complexity index is 913. The fraction of sp³-hybridized carbons (Fsp3) is 0.118. The first-order valence-corrected chi connectivity index (χ1v) is 8.58. The third-order valence-electron chi connectivity index (χ3n) is 3.85. The third-order valence-corrected chi connectivity index (χ3v) is 4.82. The molecule has 0 saturated carbocycles. The van der Waals surface area contributed by atoms with E-state index < -0.39 is 27.4 Å². The number of non-ortho nitro benzene ring substituents is 1. The summed E-state index contributed by atoms with van der Waals surface area (Å²) in [6.07, 6.45) is 0. The lowest BCUT2D eigenvalue weighted by Crippen LogP contribution is -2.33. The molecule has 1 fully saturated rings. The van der Waals surface area contributed by atoms with Crippen molar-refractivity contribution < 1.29 is 24.4 Å². The Morgan fingerprint density at radius 3 is 2.33 bits per heavy atom. The van der Waals surface area contributed by atoms with Gasteiger partial charge in [0.2, 0.25) is 0 Å². The van der Waals surface area contributed by atoms with Crippen molar-refractivity contribution in [2.24, 2.45) is 0 Å². The summed E-state index contributed by atoms with van der Waals surface area (Å²) in [5.74, 6) is -1.50. The van der Waals surface area contributed by atoms with Crippen LogP contribution in [0.4, 0.5) is 16.2 Å². The summed E-state index contributed by atoms with van der Waals surface area (Å²) in [6, 6.07) is 11.4. The van der Waals surface area contributed by atoms with E-state index in [4.69, 9.17) is 5.11 Å². The van der Waals surface area contributed by atoms with Crippen LogP contribution < -0.4 is 5.32 Å². The van der Waals surface area contributed by atoms with Crippen LogP contribution in [0.15, 0.2) is 48.5 Å². The van der Waals surface area contributed by atoms with E-state index in [9.17, 15) is 24.5 Å². The Balaban J connectivity index is 1.67. The van der Waals surface area contributed by atoms with Gasteiger partial charge in [0.25, 0.3) is 16.8 Å². The first-order chi connectivity index (χ1) is 12.8. The number of carbonyl (C=O) groups excluding carboxylic acids is 2. The SMILES string of the molecule is O=C(O)c1ccc(N[C@@H]2SC(=O)N(Cc3ccc([N+](=O)[O-])cc3)C2=O)cc1. The van der Waals surface area contributed by atoms with E-state index in [1.807, 2.05) is 0 Å². The second-order valence-electron chi connectivity index (χ2n) is 5.64. The van der Waals surface area contributed by atoms with E-state index in [1.54, 1.807) is 0 Å². The molecule has 2 N–H and O–H groups in total. The maximum Gasteiger partial charge on any atom is 0.335 e. The molecule has 2 aromatic carbocycles. The minimum Gasteiger partial charge on any atom is -0.478 e. The zero-order valence-electron chi connectivity index (χ0n) is 13.7. The van der Waals surface area contributed by atoms with Crippen LogP contribution in [0, 0.1) is 10.1 Å². The maximum absolute atomic E-state index is 12.5. The fourth-order valence-corrected chi connectivity index (χ4v) is 3.35. The highest BCUT2D eigenvalue weighted by molar-refractivity contribution is 8.15. The number of carboxylic acids is 1. The number of benzene rings is 2. The summed E-state index contributed by atoms with van der Waals surface area (Å²) in [5, 5.41) is 21.2. The monoisotopic (exact) mass is 387 g/mol. The van der Waals surface area contributed by atoms with Crippen LogP contribution in [-0.4, -0.2) is 37.4 Å². The van der Waals surface area contributed by atoms with Crippen molar-refractivity contribution in [1.82, 2.24) is 4.90 Å². The number of carboxylic acid groups (broad SMARTS) is 1. The number of thioether (sulfide) groups is 1. The lowest BCUT2D eigenvalue weighted by Gasteiger charge is -2.15. The van der Waals surface area contributed by atoms with Gasteiger partial charge in [0, 0.05) is 17.8 Å². The predicted octanol–water partition coefficient (Wildman–Crippen LogP) is 2.93. The molecule has 1 aliphatic heterocycles. The van der Waals surface area contributed by atoms with E-state index in [0.29, 0.717) is 11.3 Å². The number of nitro groups is 1. The molecule has 0 aromatic heterocycles. The molecule has 1 heterocycles. The molecule has 2 aromatic rings. The average molecular weight is 387 g/mol. The van der Waals surface area contributed by atoms with Crippen LogP contribution in [0.3, 0.4) is 0 Å². The Kier molecular flexibility index (Phi) is 5.08. The smallest absolute Gasteiger partial charge is 0.335 e. The molecule has 1 saturated heterocycles. The molecule has 0 spiro atoms. The van der Waals surface area contributed by atoms with Crippen molar-refractivity contribution in [3.8, 4) is 0 Å². The van der Waals surface area contributed by atoms with Crippen molar-refractivity contribution in [2.75, 3.05) is 5.32 Å². The summed E-state index contributed by atoms with van der Waals surface area (Å²) < 4.78 is 0. The standard InChI is InChI=1S/C17H13N3O6S/c21-15-14(18-12-5-3-11(4-6-12)16(22)23)27-17(24)19(15)9-10-1-7-13(8-2-10)20(25)26/h1-8,14,18H,9H2,(H,22,23)/t14-/m1/s1. The minimum atomic E-state index is -1.06. The maximum atomic E-state index is 12.5. The van der Waals surface area contributed by atoms with E-state index in [0.717, 1.165) is 16.7 Å². The Morgan fingerprint density at radius 1 is 1.15 bits per heavy atom. The van der Waals surface area contributed by atoms with Crippen molar-refractivity contribution in [3.63, 3.8) is 0 Å². The topological polar surface area (TPSA) is 130 Å². The van der Waals surface area contributed by atoms with Crippen molar-refractivity contribution in [2.45, 2.75) is 11.9 Å². The van der Waals surface area contributed by atoms with Crippen molar-refractivity contribution in [3.05, 3.63) is 69.8 Å². The molecule has 27 heavy (non-hydrogen) atoms. The third kappa shape index (κ3) is 4.06. The fourth-order valence-electron chi connectivity index (χ4n) is 2.45. The van der Waals surface area contributed by atoms with Gasteiger partial charge < -0.3 is 10.4 Å². The van der Waals surface area contributed by atoms with E-state index in [1.165, 1.54) is 48.5 Å². The lowest BCUT2D eigenvalue weighted by atomic mass is 10.2. The highest BCUT2D eigenvalue weighted by Crippen LogP contribution is 2.30. The number of nitrogens with one attached hydrogen (secondary N) is 1. The summed E-state index contributed by atoms with van der Waals surface area (Å²) >= 11 is 0.816. The van der Waals surface area contributed by atoms with Crippen LogP contribution in [0.5, 0.6) is 0 Å². The summed E-state index contributed by atoms with van der Waals surface area (Å²) in [6.45, 7) is 0.0127. The van der Waals surface area contributed by atoms with E-state index in [2.05, 4.69) is 5.32 Å². The Morgan fingerprint density at radius 2 is 1.78 bits per heavy atom. The van der Waals surface area contributed by atoms with Gasteiger partial charge in [-0.25, -0.2) is 4.79 Å². The second kappa shape index (κ2) is 7.46. The van der Waals surface area contributed by atoms with Gasteiger partial charge in [-0.05, 0) is 41.6 Å². The quantitative estimate of drug-likeness (QED) is 0.571. The first-order valence-electron chi connectivity index (χ1n) is 7.70. The van der Waals surface area contributed by atoms with Crippen molar-refractivity contribution in [1.29, 1.82) is 0 Å². The van der Waals surface area contributed by atoms with Crippen molar-refractivity contribution >= 4 is 40.3 Å². The summed E-state index contributed by atoms with van der Waals surface area (Å²) in [7, 11) is 0. The molecule has 0 unspecified atom stereocenters. The molecule has 0 radical (unpaired) electrons. The molecule has 1 atom stereocenters. The summed E-state index contributed by atoms with van der Waals surface area (Å²) in [4.78, 5) is 46.7. The molecule has 138 valence electrons. The number of aromatic carboxylic acids is 1. The number of hydrogen-bond acceptors (Lipinski definition) is 7. The summed E-state index contributed by atoms with van der Waals surface area (Å²) in [5.41, 5.74) is 1.14. The highest BCUT2D eigenvalue weighted by Gasteiger charge is 2.39. The van der Waals surface area contributed by atoms with Gasteiger partial charge in [0.15, 0.2) is 5.37 Å². The average Bonchev–Trinajstić information content (AvgIpc) is 2.90.